The van der Waals surface area contributed by atoms with Crippen LogP contribution in [-0.2, 0) is 5.41 Å². The van der Waals surface area contributed by atoms with Crippen LogP contribution in [0.4, 0.5) is 11.4 Å². The van der Waals surface area contributed by atoms with Crippen molar-refractivity contribution in [2.45, 2.75) is 19.3 Å². The van der Waals surface area contributed by atoms with Gasteiger partial charge in [-0.15, -0.1) is 11.3 Å². The van der Waals surface area contributed by atoms with E-state index in [9.17, 15) is 0 Å². The van der Waals surface area contributed by atoms with Gasteiger partial charge in [0.2, 0.25) is 0 Å². The molecule has 0 bridgehead atoms. The van der Waals surface area contributed by atoms with Crippen LogP contribution in [0, 0.1) is 13.1 Å². The predicted octanol–water partition coefficient (Wildman–Crippen LogP) is 12.2. The van der Waals surface area contributed by atoms with Gasteiger partial charge in [-0.1, -0.05) is 86.6 Å². The molecule has 0 saturated carbocycles. The van der Waals surface area contributed by atoms with Gasteiger partial charge >= 0.3 is 0 Å². The van der Waals surface area contributed by atoms with Crippen molar-refractivity contribution in [1.82, 2.24) is 4.57 Å². The second kappa shape index (κ2) is 9.16. The normalized spacial score (nSPS) is 13.2. The molecule has 0 aliphatic heterocycles. The van der Waals surface area contributed by atoms with Crippen molar-refractivity contribution in [3.05, 3.63) is 149 Å². The molecule has 45 heavy (non-hydrogen) atoms. The van der Waals surface area contributed by atoms with Crippen molar-refractivity contribution in [3.8, 4) is 27.9 Å². The molecule has 8 aromatic rings. The number of hydrogen-bond acceptors (Lipinski definition) is 1. The molecule has 0 atom stereocenters. The minimum atomic E-state index is -0.0333. The minimum absolute atomic E-state index is 0.0333. The maximum absolute atomic E-state index is 7.82. The summed E-state index contributed by atoms with van der Waals surface area (Å²) in [5, 5.41) is 4.67. The Morgan fingerprint density at radius 2 is 1.36 bits per heavy atom. The molecule has 4 heteroatoms. The van der Waals surface area contributed by atoms with E-state index in [-0.39, 0.29) is 5.41 Å². The van der Waals surface area contributed by atoms with Crippen molar-refractivity contribution < 1.29 is 0 Å². The maximum atomic E-state index is 7.82. The van der Waals surface area contributed by atoms with Crippen LogP contribution in [0.15, 0.2) is 115 Å². The fourth-order valence-electron chi connectivity index (χ4n) is 7.50. The Morgan fingerprint density at radius 1 is 0.600 bits per heavy atom. The van der Waals surface area contributed by atoms with Crippen LogP contribution in [0.5, 0.6) is 0 Å². The first-order valence-electron chi connectivity index (χ1n) is 15.0. The van der Waals surface area contributed by atoms with E-state index in [4.69, 9.17) is 13.1 Å². The average molecular weight is 592 g/mol. The molecular weight excluding hydrogens is 567 g/mol. The van der Waals surface area contributed by atoms with Gasteiger partial charge in [0.25, 0.3) is 0 Å². The lowest BCUT2D eigenvalue weighted by atomic mass is 9.82. The molecule has 1 aliphatic rings. The Morgan fingerprint density at radius 3 is 2.22 bits per heavy atom. The summed E-state index contributed by atoms with van der Waals surface area (Å²) in [7, 11) is 0. The zero-order chi connectivity index (χ0) is 30.4. The second-order valence-corrected chi connectivity index (χ2v) is 13.4. The van der Waals surface area contributed by atoms with E-state index in [1.165, 1.54) is 42.4 Å². The summed E-state index contributed by atoms with van der Waals surface area (Å²) < 4.78 is 4.88. The summed E-state index contributed by atoms with van der Waals surface area (Å²) in [6.45, 7) is 20.1. The van der Waals surface area contributed by atoms with Gasteiger partial charge in [-0.25, -0.2) is 9.69 Å². The van der Waals surface area contributed by atoms with E-state index in [2.05, 4.69) is 107 Å². The lowest BCUT2D eigenvalue weighted by Crippen LogP contribution is -2.14. The fourth-order valence-corrected chi connectivity index (χ4v) is 8.74. The Kier molecular flexibility index (Phi) is 5.25. The van der Waals surface area contributed by atoms with Crippen molar-refractivity contribution in [1.29, 1.82) is 0 Å². The number of thiophene rings is 1. The molecule has 2 aromatic heterocycles. The third-order valence-corrected chi connectivity index (χ3v) is 10.8. The smallest absolute Gasteiger partial charge is 0.188 e. The van der Waals surface area contributed by atoms with Crippen LogP contribution in [0.1, 0.15) is 25.0 Å². The number of benzene rings is 6. The van der Waals surface area contributed by atoms with Crippen LogP contribution >= 0.6 is 11.3 Å². The van der Waals surface area contributed by atoms with Crippen molar-refractivity contribution in [3.63, 3.8) is 0 Å². The van der Waals surface area contributed by atoms with Crippen molar-refractivity contribution >= 4 is 64.7 Å². The van der Waals surface area contributed by atoms with Crippen LogP contribution in [0.25, 0.3) is 79.6 Å². The Balaban J connectivity index is 1.31. The highest BCUT2D eigenvalue weighted by atomic mass is 32.1. The largest absolute Gasteiger partial charge is 0.309 e. The SMILES string of the molecule is [C-]#[N+]c1ccc(-n2c3ccccc3c3cc([N+]#[C-])ccc32)c(-c2ccc3sc4c5c(ccc4c3c2)C(C)(C)c2ccccc2-5)c1. The highest BCUT2D eigenvalue weighted by Gasteiger charge is 2.36. The Labute approximate surface area is 264 Å². The fraction of sp³-hybridized carbons (Fsp3) is 0.0732. The van der Waals surface area contributed by atoms with Crippen LogP contribution in [-0.4, -0.2) is 4.57 Å². The number of para-hydroxylation sites is 1. The molecule has 0 amide bonds. The number of rotatable bonds is 2. The van der Waals surface area contributed by atoms with E-state index in [0.29, 0.717) is 11.4 Å². The molecule has 0 radical (unpaired) electrons. The number of hydrogen-bond donors (Lipinski definition) is 0. The first kappa shape index (κ1) is 25.8. The van der Waals surface area contributed by atoms with Gasteiger partial charge in [0.05, 0.1) is 29.9 Å². The average Bonchev–Trinajstić information content (AvgIpc) is 3.69. The van der Waals surface area contributed by atoms with Crippen molar-refractivity contribution in [2.75, 3.05) is 0 Å². The lowest BCUT2D eigenvalue weighted by Gasteiger charge is -2.21. The summed E-state index contributed by atoms with van der Waals surface area (Å²) >= 11 is 1.87. The van der Waals surface area contributed by atoms with E-state index < -0.39 is 0 Å². The van der Waals surface area contributed by atoms with E-state index in [1.54, 1.807) is 0 Å². The Hall–Kier alpha value is -5.68. The molecule has 1 aliphatic carbocycles. The predicted molar refractivity (Wildman–Crippen MR) is 189 cm³/mol. The number of nitrogens with zero attached hydrogens (tertiary/aromatic N) is 3. The topological polar surface area (TPSA) is 13.6 Å². The summed E-state index contributed by atoms with van der Waals surface area (Å²) in [6, 6.07) is 40.5. The Bertz CT molecular complexity index is 2650. The minimum Gasteiger partial charge on any atom is -0.309 e. The van der Waals surface area contributed by atoms with Gasteiger partial charge in [-0.05, 0) is 75.7 Å². The van der Waals surface area contributed by atoms with Crippen LogP contribution < -0.4 is 0 Å². The van der Waals surface area contributed by atoms with Gasteiger partial charge in [0, 0.05) is 36.5 Å². The molecular formula is C41H25N3S. The highest BCUT2D eigenvalue weighted by Crippen LogP contribution is 2.54. The summed E-state index contributed by atoms with van der Waals surface area (Å²) in [4.78, 5) is 7.51. The van der Waals surface area contributed by atoms with Gasteiger partial charge in [0.1, 0.15) is 0 Å². The van der Waals surface area contributed by atoms with E-state index >= 15 is 0 Å². The molecule has 0 N–H and O–H groups in total. The molecule has 0 spiro atoms. The molecule has 0 saturated heterocycles. The molecule has 6 aromatic carbocycles. The first-order valence-corrected chi connectivity index (χ1v) is 15.8. The maximum Gasteiger partial charge on any atom is 0.188 e. The van der Waals surface area contributed by atoms with Gasteiger partial charge in [-0.2, -0.15) is 0 Å². The third-order valence-electron chi connectivity index (χ3n) is 9.63. The monoisotopic (exact) mass is 591 g/mol. The third kappa shape index (κ3) is 3.49. The molecule has 2 heterocycles. The second-order valence-electron chi connectivity index (χ2n) is 12.3. The van der Waals surface area contributed by atoms with Crippen LogP contribution in [0.2, 0.25) is 0 Å². The van der Waals surface area contributed by atoms with E-state index in [1.807, 2.05) is 47.7 Å². The van der Waals surface area contributed by atoms with Crippen molar-refractivity contribution in [2.24, 2.45) is 0 Å². The molecule has 0 unspecified atom stereocenters. The summed E-state index contributed by atoms with van der Waals surface area (Å²) in [6.07, 6.45) is 0. The highest BCUT2D eigenvalue weighted by molar-refractivity contribution is 7.26. The van der Waals surface area contributed by atoms with Gasteiger partial charge < -0.3 is 4.57 Å². The zero-order valence-corrected chi connectivity index (χ0v) is 25.5. The summed E-state index contributed by atoms with van der Waals surface area (Å²) in [5.41, 5.74) is 11.9. The molecule has 0 fully saturated rings. The lowest BCUT2D eigenvalue weighted by molar-refractivity contribution is 0.661. The first-order chi connectivity index (χ1) is 22.0. The number of aromatic nitrogens is 1. The zero-order valence-electron chi connectivity index (χ0n) is 24.7. The molecule has 210 valence electrons. The quantitative estimate of drug-likeness (QED) is 0.178. The molecule has 3 nitrogen and oxygen atoms in total. The summed E-state index contributed by atoms with van der Waals surface area (Å²) in [5.74, 6) is 0. The van der Waals surface area contributed by atoms with Gasteiger partial charge in [-0.3, -0.25) is 0 Å². The standard InChI is InChI=1S/C41H25N3S/c1-41(2)33-11-7-5-10-29(33)39-34(41)17-16-28-32-21-24(13-20-38(32)45-40(28)39)30-22-25(42-3)14-18-36(30)44-35-12-8-6-9-27(35)31-23-26(43-4)15-19-37(31)44/h5-23H,1-2H3. The number of fused-ring (bicyclic) bond motifs is 10. The van der Waals surface area contributed by atoms with Gasteiger partial charge in [0.15, 0.2) is 11.4 Å². The van der Waals surface area contributed by atoms with Crippen LogP contribution in [0.3, 0.4) is 0 Å². The molecule has 9 rings (SSSR count). The van der Waals surface area contributed by atoms with E-state index in [0.717, 1.165) is 38.6 Å².